The van der Waals surface area contributed by atoms with Crippen LogP contribution in [-0.4, -0.2) is 0 Å². The maximum Gasteiger partial charge on any atom is -0.147 e. The van der Waals surface area contributed by atoms with Gasteiger partial charge in [-0.05, 0) is 0 Å². The Bertz CT molecular complexity index is 359. The number of hydrogen-bond donors (Lipinski definition) is 0. The Labute approximate surface area is 122 Å². The van der Waals surface area contributed by atoms with E-state index in [1.807, 2.05) is 0 Å². The number of halogens is 3. The molecule has 1 unspecified atom stereocenters. The molecule has 0 fully saturated rings. The maximum atomic E-state index is 2.34. The normalized spacial score (nSPS) is 21.3. The third-order valence-electron chi connectivity index (χ3n) is 2.42. The minimum atomic E-state index is 0. The van der Waals surface area contributed by atoms with Crippen molar-refractivity contribution in [2.45, 2.75) is 17.6 Å². The Kier molecular flexibility index (Phi) is 7.55. The van der Waals surface area contributed by atoms with E-state index < -0.39 is 0 Å². The van der Waals surface area contributed by atoms with E-state index in [0.29, 0.717) is 0 Å². The molecule has 1 aliphatic rings. The molecule has 0 N–H and O–H groups in total. The second-order valence-electron chi connectivity index (χ2n) is 3.58. The van der Waals surface area contributed by atoms with Crippen molar-refractivity contribution >= 4 is 42.8 Å². The van der Waals surface area contributed by atoms with E-state index in [4.69, 9.17) is 0 Å². The van der Waals surface area contributed by atoms with Crippen molar-refractivity contribution in [3.63, 3.8) is 0 Å². The minimum absolute atomic E-state index is 0. The summed E-state index contributed by atoms with van der Waals surface area (Å²) in [5.41, 5.74) is 4.29. The molecule has 0 heterocycles. The van der Waals surface area contributed by atoms with Crippen molar-refractivity contribution < 1.29 is 20.4 Å². The molecule has 2 rings (SSSR count). The van der Waals surface area contributed by atoms with Gasteiger partial charge in [0.25, 0.3) is 0 Å². The molecule has 0 nitrogen and oxygen atoms in total. The third-order valence-corrected chi connectivity index (χ3v) is 3.06. The average Bonchev–Trinajstić information content (AvgIpc) is 2.25. The summed E-state index contributed by atoms with van der Waals surface area (Å²) in [5, 5.41) is 0. The van der Waals surface area contributed by atoms with E-state index in [-0.39, 0.29) is 40.9 Å². The molecule has 15 heavy (non-hydrogen) atoms. The summed E-state index contributed by atoms with van der Waals surface area (Å²) in [6.45, 7) is 4.45. The van der Waals surface area contributed by atoms with Crippen LogP contribution < -0.4 is 0 Å². The molecule has 83 valence electrons. The molecule has 0 aliphatic heterocycles. The standard InChI is InChI=1S/C11H11.3ClH.Ti/c1-8-7-9(2)11-6-4-3-5-10(8)11;;;;/h3-7H,1-2H3;3*1H;. The van der Waals surface area contributed by atoms with Gasteiger partial charge >= 0.3 is 85.0 Å². The first-order valence-corrected chi connectivity index (χ1v) is 4.94. The van der Waals surface area contributed by atoms with Crippen LogP contribution in [0.25, 0.3) is 5.57 Å². The molecule has 1 atom stereocenters. The van der Waals surface area contributed by atoms with Crippen molar-refractivity contribution in [1.29, 1.82) is 0 Å². The first-order chi connectivity index (χ1) is 5.61. The molecular weight excluding hydrogens is 286 g/mol. The van der Waals surface area contributed by atoms with E-state index in [1.165, 1.54) is 16.7 Å². The second kappa shape index (κ2) is 6.32. The smallest absolute Gasteiger partial charge is 0.147 e. The number of benzene rings is 1. The monoisotopic (exact) mass is 299 g/mol. The molecule has 1 aliphatic carbocycles. The zero-order valence-corrected chi connectivity index (χ0v) is 12.6. The minimum Gasteiger partial charge on any atom is -0.147 e. The summed E-state index contributed by atoms with van der Waals surface area (Å²) in [7, 11) is 0. The first-order valence-electron chi connectivity index (χ1n) is 4.15. The molecule has 0 saturated carbocycles. The summed E-state index contributed by atoms with van der Waals surface area (Å²) >= 11 is 2.27. The Morgan fingerprint density at radius 1 is 1.07 bits per heavy atom. The van der Waals surface area contributed by atoms with E-state index in [9.17, 15) is 0 Å². The van der Waals surface area contributed by atoms with E-state index in [1.54, 1.807) is 0 Å². The van der Waals surface area contributed by atoms with Crippen LogP contribution in [0.1, 0.15) is 25.0 Å². The van der Waals surface area contributed by atoms with E-state index in [2.05, 4.69) is 64.6 Å². The van der Waals surface area contributed by atoms with Crippen molar-refractivity contribution in [2.24, 2.45) is 0 Å². The van der Waals surface area contributed by atoms with E-state index >= 15 is 0 Å². The topological polar surface area (TPSA) is 0 Å². The van der Waals surface area contributed by atoms with Crippen LogP contribution in [-0.2, 0) is 24.2 Å². The summed E-state index contributed by atoms with van der Waals surface area (Å²) < 4.78 is 0.237. The van der Waals surface area contributed by atoms with Crippen LogP contribution in [0.15, 0.2) is 30.3 Å². The predicted octanol–water partition coefficient (Wildman–Crippen LogP) is 4.13. The number of hydrogen-bond acceptors (Lipinski definition) is 0. The molecular formula is C11H14Cl3Ti. The first kappa shape index (κ1) is 17.9. The molecule has 0 radical (unpaired) electrons. The number of rotatable bonds is 0. The van der Waals surface area contributed by atoms with Crippen LogP contribution in [0, 0.1) is 0 Å². The van der Waals surface area contributed by atoms with Gasteiger partial charge in [0.1, 0.15) is 0 Å². The largest absolute Gasteiger partial charge is 0.147 e. The van der Waals surface area contributed by atoms with Gasteiger partial charge in [0.15, 0.2) is 0 Å². The molecule has 0 aromatic heterocycles. The van der Waals surface area contributed by atoms with Crippen LogP contribution >= 0.6 is 37.2 Å². The zero-order valence-electron chi connectivity index (χ0n) is 8.61. The Morgan fingerprint density at radius 3 is 2.13 bits per heavy atom. The van der Waals surface area contributed by atoms with Crippen molar-refractivity contribution in [2.75, 3.05) is 0 Å². The van der Waals surface area contributed by atoms with Gasteiger partial charge in [-0.2, -0.15) is 0 Å². The molecule has 0 amide bonds. The fourth-order valence-electron chi connectivity index (χ4n) is 1.87. The summed E-state index contributed by atoms with van der Waals surface area (Å²) in [5.74, 6) is 0. The average molecular weight is 300 g/mol. The van der Waals surface area contributed by atoms with Crippen LogP contribution in [0.2, 0.25) is 0 Å². The van der Waals surface area contributed by atoms with Gasteiger partial charge in [-0.1, -0.05) is 0 Å². The molecule has 0 spiro atoms. The van der Waals surface area contributed by atoms with Crippen LogP contribution in [0.3, 0.4) is 0 Å². The van der Waals surface area contributed by atoms with Gasteiger partial charge in [-0.15, -0.1) is 37.2 Å². The molecule has 0 bridgehead atoms. The quantitative estimate of drug-likeness (QED) is 0.632. The van der Waals surface area contributed by atoms with E-state index in [0.717, 1.165) is 0 Å². The van der Waals surface area contributed by atoms with Gasteiger partial charge in [0, 0.05) is 0 Å². The summed E-state index contributed by atoms with van der Waals surface area (Å²) in [6, 6.07) is 8.66. The predicted molar refractivity (Wildman–Crippen MR) is 69.2 cm³/mol. The van der Waals surface area contributed by atoms with Gasteiger partial charge in [0.05, 0.1) is 0 Å². The molecule has 1 aromatic rings. The van der Waals surface area contributed by atoms with Gasteiger partial charge < -0.3 is 0 Å². The van der Waals surface area contributed by atoms with Crippen molar-refractivity contribution in [3.05, 3.63) is 41.5 Å². The van der Waals surface area contributed by atoms with Crippen LogP contribution in [0.4, 0.5) is 0 Å². The fraction of sp³-hybridized carbons (Fsp3) is 0.273. The Hall–Kier alpha value is 0.544. The second-order valence-corrected chi connectivity index (χ2v) is 5.20. The molecule has 4 heteroatoms. The number of allylic oxidation sites excluding steroid dienone is 2. The third kappa shape index (κ3) is 3.25. The SMILES string of the molecule is CC1=C[C](C)([Ti])c2ccccc21.Cl.Cl.Cl. The summed E-state index contributed by atoms with van der Waals surface area (Å²) in [6.07, 6.45) is 2.34. The summed E-state index contributed by atoms with van der Waals surface area (Å²) in [4.78, 5) is 0. The maximum absolute atomic E-state index is 2.34. The van der Waals surface area contributed by atoms with Gasteiger partial charge in [0.2, 0.25) is 0 Å². The Morgan fingerprint density at radius 2 is 1.60 bits per heavy atom. The fourth-order valence-corrected chi connectivity index (χ4v) is 2.55. The molecule has 1 aromatic carbocycles. The number of fused-ring (bicyclic) bond motifs is 1. The van der Waals surface area contributed by atoms with Crippen LogP contribution in [0.5, 0.6) is 0 Å². The van der Waals surface area contributed by atoms with Gasteiger partial charge in [-0.25, -0.2) is 0 Å². The van der Waals surface area contributed by atoms with Gasteiger partial charge in [-0.3, -0.25) is 0 Å². The molecule has 0 saturated heterocycles. The zero-order chi connectivity index (χ0) is 8.77. The van der Waals surface area contributed by atoms with Crippen molar-refractivity contribution in [3.8, 4) is 0 Å². The Balaban J connectivity index is 0. The van der Waals surface area contributed by atoms with Crippen molar-refractivity contribution in [1.82, 2.24) is 0 Å².